The van der Waals surface area contributed by atoms with Gasteiger partial charge in [0.25, 0.3) is 0 Å². The lowest BCUT2D eigenvalue weighted by atomic mass is 10.0. The van der Waals surface area contributed by atoms with Gasteiger partial charge in [0.2, 0.25) is 11.7 Å². The summed E-state index contributed by atoms with van der Waals surface area (Å²) in [6.07, 6.45) is 2.67. The van der Waals surface area contributed by atoms with Gasteiger partial charge in [-0.15, -0.1) is 12.4 Å². The zero-order valence-corrected chi connectivity index (χ0v) is 17.5. The van der Waals surface area contributed by atoms with Crippen LogP contribution in [-0.4, -0.2) is 69.8 Å². The molecule has 0 aliphatic carbocycles. The molecule has 1 aromatic carbocycles. The molecule has 2 aromatic rings. The second kappa shape index (κ2) is 10.8. The number of carboxylic acid groups (broad SMARTS) is 1. The average molecular weight is 429 g/mol. The second-order valence-electron chi connectivity index (χ2n) is 6.80. The maximum absolute atomic E-state index is 11.0. The van der Waals surface area contributed by atoms with E-state index in [-0.39, 0.29) is 19.0 Å². The Morgan fingerprint density at radius 2 is 2.14 bits per heavy atom. The number of carbonyl (C=O) groups is 1. The van der Waals surface area contributed by atoms with Crippen LogP contribution in [0.15, 0.2) is 28.8 Å². The van der Waals surface area contributed by atoms with Crippen LogP contribution in [0.1, 0.15) is 25.7 Å². The average Bonchev–Trinajstić information content (AvgIpc) is 3.14. The monoisotopic (exact) mass is 428 g/mol. The van der Waals surface area contributed by atoms with Crippen LogP contribution in [0, 0.1) is 0 Å². The lowest BCUT2D eigenvalue weighted by Crippen LogP contribution is -2.46. The third kappa shape index (κ3) is 6.17. The zero-order chi connectivity index (χ0) is 19.2. The van der Waals surface area contributed by atoms with Gasteiger partial charge in [0.1, 0.15) is 0 Å². The maximum atomic E-state index is 11.0. The molecule has 9 heteroatoms. The molecule has 1 aliphatic heterocycles. The molecule has 1 fully saturated rings. The minimum atomic E-state index is -0.758. The molecule has 154 valence electrons. The van der Waals surface area contributed by atoms with Gasteiger partial charge in [-0.05, 0) is 44.6 Å². The number of benzene rings is 1. The normalized spacial score (nSPS) is 15.5. The van der Waals surface area contributed by atoms with Crippen molar-refractivity contribution in [1.82, 2.24) is 19.9 Å². The Hall–Kier alpha value is -1.67. The first kappa shape index (κ1) is 22.6. The van der Waals surface area contributed by atoms with E-state index in [9.17, 15) is 4.79 Å². The molecule has 0 unspecified atom stereocenters. The maximum Gasteiger partial charge on any atom is 0.317 e. The van der Waals surface area contributed by atoms with Crippen molar-refractivity contribution in [1.29, 1.82) is 0 Å². The molecule has 7 nitrogen and oxygen atoms in total. The molecular formula is C19H26Cl2N4O3. The number of aliphatic carboxylic acids is 1. The van der Waals surface area contributed by atoms with E-state index in [0.717, 1.165) is 44.6 Å². The number of likely N-dealkylation sites (N-methyl/N-ethyl adjacent to an activating group) is 1. The van der Waals surface area contributed by atoms with Crippen LogP contribution in [0.25, 0.3) is 11.4 Å². The summed E-state index contributed by atoms with van der Waals surface area (Å²) >= 11 is 6.01. The van der Waals surface area contributed by atoms with E-state index >= 15 is 0 Å². The summed E-state index contributed by atoms with van der Waals surface area (Å²) in [5.74, 6) is 0.415. The molecule has 2 heterocycles. The van der Waals surface area contributed by atoms with Crippen LogP contribution in [0.2, 0.25) is 5.02 Å². The topological polar surface area (TPSA) is 82.7 Å². The highest BCUT2D eigenvalue weighted by molar-refractivity contribution is 6.30. The van der Waals surface area contributed by atoms with Crippen LogP contribution in [-0.2, 0) is 11.2 Å². The predicted molar refractivity (Wildman–Crippen MR) is 110 cm³/mol. The fraction of sp³-hybridized carbons (Fsp3) is 0.526. The smallest absolute Gasteiger partial charge is 0.317 e. The first-order valence-electron chi connectivity index (χ1n) is 9.32. The van der Waals surface area contributed by atoms with Gasteiger partial charge in [-0.2, -0.15) is 4.98 Å². The number of rotatable bonds is 8. The van der Waals surface area contributed by atoms with Crippen molar-refractivity contribution in [2.24, 2.45) is 0 Å². The van der Waals surface area contributed by atoms with Crippen molar-refractivity contribution < 1.29 is 14.4 Å². The third-order valence-electron chi connectivity index (χ3n) is 5.01. The number of aromatic nitrogens is 2. The summed E-state index contributed by atoms with van der Waals surface area (Å²) < 4.78 is 5.37. The summed E-state index contributed by atoms with van der Waals surface area (Å²) in [4.78, 5) is 19.9. The van der Waals surface area contributed by atoms with E-state index < -0.39 is 5.97 Å². The summed E-state index contributed by atoms with van der Waals surface area (Å²) in [6, 6.07) is 7.74. The van der Waals surface area contributed by atoms with E-state index in [1.807, 2.05) is 31.2 Å². The summed E-state index contributed by atoms with van der Waals surface area (Å²) in [5.41, 5.74) is 0.844. The van der Waals surface area contributed by atoms with E-state index in [4.69, 9.17) is 21.2 Å². The van der Waals surface area contributed by atoms with Gasteiger partial charge in [-0.25, -0.2) is 0 Å². The molecule has 0 bridgehead atoms. The molecule has 1 saturated heterocycles. The number of hydrogen-bond donors (Lipinski definition) is 1. The van der Waals surface area contributed by atoms with E-state index in [2.05, 4.69) is 19.9 Å². The summed E-state index contributed by atoms with van der Waals surface area (Å²) in [7, 11) is 0. The van der Waals surface area contributed by atoms with Gasteiger partial charge in [0, 0.05) is 29.6 Å². The molecule has 0 saturated carbocycles. The third-order valence-corrected chi connectivity index (χ3v) is 5.25. The van der Waals surface area contributed by atoms with E-state index in [1.54, 1.807) is 0 Å². The Kier molecular flexibility index (Phi) is 8.69. The minimum absolute atomic E-state index is 0. The van der Waals surface area contributed by atoms with Crippen molar-refractivity contribution in [2.45, 2.75) is 32.2 Å². The summed E-state index contributed by atoms with van der Waals surface area (Å²) in [6.45, 7) is 5.67. The number of halogens is 2. The van der Waals surface area contributed by atoms with Crippen molar-refractivity contribution in [2.75, 3.05) is 32.7 Å². The van der Waals surface area contributed by atoms with Crippen molar-refractivity contribution in [3.05, 3.63) is 35.2 Å². The number of piperidine rings is 1. The second-order valence-corrected chi connectivity index (χ2v) is 7.24. The fourth-order valence-corrected chi connectivity index (χ4v) is 3.73. The van der Waals surface area contributed by atoms with Gasteiger partial charge < -0.3 is 14.5 Å². The Bertz CT molecular complexity index is 763. The SMILES string of the molecule is CCN(CC(=O)O)C1CCN(CCc2nc(-c3cccc(Cl)c3)no2)CC1.Cl. The number of likely N-dealkylation sites (tertiary alicyclic amines) is 1. The van der Waals surface area contributed by atoms with Gasteiger partial charge in [-0.3, -0.25) is 9.69 Å². The highest BCUT2D eigenvalue weighted by Crippen LogP contribution is 2.21. The first-order chi connectivity index (χ1) is 13.0. The Balaban J connectivity index is 0.00000280. The Morgan fingerprint density at radius 1 is 1.39 bits per heavy atom. The van der Waals surface area contributed by atoms with Crippen LogP contribution in [0.5, 0.6) is 0 Å². The highest BCUT2D eigenvalue weighted by atomic mass is 35.5. The van der Waals surface area contributed by atoms with Gasteiger partial charge in [0.05, 0.1) is 6.54 Å². The van der Waals surface area contributed by atoms with Crippen molar-refractivity contribution >= 4 is 30.0 Å². The van der Waals surface area contributed by atoms with E-state index in [0.29, 0.717) is 29.2 Å². The zero-order valence-electron chi connectivity index (χ0n) is 15.9. The molecule has 1 aromatic heterocycles. The Morgan fingerprint density at radius 3 is 2.79 bits per heavy atom. The van der Waals surface area contributed by atoms with Crippen molar-refractivity contribution in [3.63, 3.8) is 0 Å². The van der Waals surface area contributed by atoms with Gasteiger partial charge >= 0.3 is 5.97 Å². The van der Waals surface area contributed by atoms with Crippen LogP contribution < -0.4 is 0 Å². The molecular weight excluding hydrogens is 403 g/mol. The van der Waals surface area contributed by atoms with Crippen LogP contribution in [0.4, 0.5) is 0 Å². The molecule has 28 heavy (non-hydrogen) atoms. The molecule has 0 amide bonds. The molecule has 1 N–H and O–H groups in total. The largest absolute Gasteiger partial charge is 0.480 e. The quantitative estimate of drug-likeness (QED) is 0.690. The lowest BCUT2D eigenvalue weighted by Gasteiger charge is -2.37. The van der Waals surface area contributed by atoms with Crippen LogP contribution in [0.3, 0.4) is 0 Å². The fourth-order valence-electron chi connectivity index (χ4n) is 3.54. The van der Waals surface area contributed by atoms with Gasteiger partial charge in [0.15, 0.2) is 0 Å². The summed E-state index contributed by atoms with van der Waals surface area (Å²) in [5, 5.41) is 13.7. The van der Waals surface area contributed by atoms with Crippen molar-refractivity contribution in [3.8, 4) is 11.4 Å². The standard InChI is InChI=1S/C19H25ClN4O3.ClH/c1-2-24(13-18(25)26)16-6-9-23(10-7-16)11-8-17-21-19(22-27-17)14-4-3-5-15(20)12-14;/h3-5,12,16H,2,6-11,13H2,1H3,(H,25,26);1H. The molecule has 0 atom stereocenters. The van der Waals surface area contributed by atoms with E-state index in [1.165, 1.54) is 0 Å². The first-order valence-corrected chi connectivity index (χ1v) is 9.69. The molecule has 0 radical (unpaired) electrons. The molecule has 0 spiro atoms. The number of hydrogen-bond acceptors (Lipinski definition) is 6. The van der Waals surface area contributed by atoms with Crippen LogP contribution >= 0.6 is 24.0 Å². The Labute approximate surface area is 176 Å². The minimum Gasteiger partial charge on any atom is -0.480 e. The van der Waals surface area contributed by atoms with Gasteiger partial charge in [-0.1, -0.05) is 35.8 Å². The number of nitrogens with zero attached hydrogens (tertiary/aromatic N) is 4. The highest BCUT2D eigenvalue weighted by Gasteiger charge is 2.25. The predicted octanol–water partition coefficient (Wildman–Crippen LogP) is 3.23. The lowest BCUT2D eigenvalue weighted by molar-refractivity contribution is -0.139. The molecule has 1 aliphatic rings. The molecule has 3 rings (SSSR count). The number of carboxylic acids is 1.